The fourth-order valence-corrected chi connectivity index (χ4v) is 8.90. The molecule has 2 heteroatoms. The van der Waals surface area contributed by atoms with E-state index in [1.165, 1.54) is 32.0 Å². The molecule has 0 fully saturated rings. The van der Waals surface area contributed by atoms with E-state index in [1.807, 2.05) is 0 Å². The third kappa shape index (κ3) is 5.14. The highest BCUT2D eigenvalue weighted by molar-refractivity contribution is 8.01. The largest absolute Gasteiger partial charge is 0.870 e. The third-order valence-corrected chi connectivity index (χ3v) is 10.5. The summed E-state index contributed by atoms with van der Waals surface area (Å²) in [5, 5.41) is 8.17. The molecule has 0 spiro atoms. The van der Waals surface area contributed by atoms with Crippen LogP contribution in [0.1, 0.15) is 0 Å². The summed E-state index contributed by atoms with van der Waals surface area (Å²) in [6, 6.07) is 60.5. The highest BCUT2D eigenvalue weighted by Gasteiger charge is 2.47. The molecule has 36 heavy (non-hydrogen) atoms. The summed E-state index contributed by atoms with van der Waals surface area (Å²) < 4.78 is 0. The smallest absolute Gasteiger partial charge is 0.144 e. The Morgan fingerprint density at radius 1 is 0.250 bits per heavy atom. The molecule has 0 aliphatic heterocycles. The zero-order chi connectivity index (χ0) is 23.8. The van der Waals surface area contributed by atoms with Gasteiger partial charge in [0.05, 0.1) is 0 Å². The van der Waals surface area contributed by atoms with Crippen LogP contribution in [0.3, 0.4) is 0 Å². The molecule has 0 radical (unpaired) electrons. The number of hydrogen-bond acceptors (Lipinski definition) is 1. The molecule has 0 bridgehead atoms. The molecule has 6 aromatic carbocycles. The average Bonchev–Trinajstić information content (AvgIpc) is 2.96. The lowest BCUT2D eigenvalue weighted by atomic mass is 10.1. The zero-order valence-electron chi connectivity index (χ0n) is 20.1. The van der Waals surface area contributed by atoms with Gasteiger partial charge in [0.2, 0.25) is 0 Å². The summed E-state index contributed by atoms with van der Waals surface area (Å²) in [5.74, 6) is 0. The first-order chi connectivity index (χ1) is 17.4. The van der Waals surface area contributed by atoms with Crippen LogP contribution in [0.4, 0.5) is 0 Å². The van der Waals surface area contributed by atoms with E-state index in [0.717, 1.165) is 0 Å². The van der Waals surface area contributed by atoms with E-state index in [1.54, 1.807) is 0 Å². The Labute approximate surface area is 214 Å². The second-order valence-electron chi connectivity index (χ2n) is 8.36. The van der Waals surface area contributed by atoms with Crippen molar-refractivity contribution in [3.8, 4) is 0 Å². The van der Waals surface area contributed by atoms with E-state index in [0.29, 0.717) is 0 Å². The molecule has 0 saturated heterocycles. The maximum absolute atomic E-state index is 2.28. The third-order valence-electron chi connectivity index (χ3n) is 6.23. The Hall–Kier alpha value is -4.03. The van der Waals surface area contributed by atoms with Crippen molar-refractivity contribution >= 4 is 39.3 Å². The molecule has 176 valence electrons. The number of fused-ring (bicyclic) bond motifs is 1. The van der Waals surface area contributed by atoms with Gasteiger partial charge in [0.1, 0.15) is 28.5 Å². The van der Waals surface area contributed by atoms with Crippen LogP contribution in [-0.4, -0.2) is 5.48 Å². The van der Waals surface area contributed by atoms with E-state index < -0.39 is 7.26 Å². The Morgan fingerprint density at radius 3 is 0.667 bits per heavy atom. The van der Waals surface area contributed by atoms with Gasteiger partial charge in [-0.25, -0.2) is 0 Å². The molecule has 6 rings (SSSR count). The van der Waals surface area contributed by atoms with Crippen molar-refractivity contribution in [3.05, 3.63) is 170 Å². The second-order valence-corrected chi connectivity index (χ2v) is 11.8. The Bertz CT molecular complexity index is 1240. The van der Waals surface area contributed by atoms with Gasteiger partial charge < -0.3 is 5.48 Å². The minimum Gasteiger partial charge on any atom is -0.870 e. The molecule has 1 N–H and O–H groups in total. The van der Waals surface area contributed by atoms with E-state index in [9.17, 15) is 0 Å². The van der Waals surface area contributed by atoms with Crippen molar-refractivity contribution in [1.29, 1.82) is 0 Å². The quantitative estimate of drug-likeness (QED) is 0.249. The molecular weight excluding hydrogens is 455 g/mol. The maximum Gasteiger partial charge on any atom is 0.144 e. The molecule has 0 saturated carbocycles. The Kier molecular flexibility index (Phi) is 8.42. The predicted octanol–water partition coefficient (Wildman–Crippen LogP) is 6.97. The van der Waals surface area contributed by atoms with Gasteiger partial charge in [-0.1, -0.05) is 121 Å². The first kappa shape index (κ1) is 25.1. The molecule has 6 aromatic rings. The van der Waals surface area contributed by atoms with Crippen LogP contribution >= 0.6 is 7.26 Å². The Balaban J connectivity index is 0.000000232. The SMILES string of the molecule is [OH-].c1ccc([P+](c2ccccc2)(c2ccccc2)c2ccccc2)cc1.c1ccc2ccccc2c1. The van der Waals surface area contributed by atoms with Crippen molar-refractivity contribution in [3.63, 3.8) is 0 Å². The van der Waals surface area contributed by atoms with Crippen LogP contribution in [-0.2, 0) is 0 Å². The van der Waals surface area contributed by atoms with Gasteiger partial charge in [-0.2, -0.15) is 0 Å². The number of benzene rings is 6. The fourth-order valence-electron chi connectivity index (χ4n) is 4.63. The topological polar surface area (TPSA) is 30.0 Å². The van der Waals surface area contributed by atoms with Crippen LogP contribution in [0.2, 0.25) is 0 Å². The summed E-state index contributed by atoms with van der Waals surface area (Å²) in [5.41, 5.74) is 0. The summed E-state index contributed by atoms with van der Waals surface area (Å²) in [7, 11) is -1.91. The van der Waals surface area contributed by atoms with Crippen molar-refractivity contribution < 1.29 is 5.48 Å². The first-order valence-electron chi connectivity index (χ1n) is 11.9. The lowest BCUT2D eigenvalue weighted by molar-refractivity contribution is 0.824. The van der Waals surface area contributed by atoms with Gasteiger partial charge in [-0.15, -0.1) is 0 Å². The summed E-state index contributed by atoms with van der Waals surface area (Å²) in [6.07, 6.45) is 0. The van der Waals surface area contributed by atoms with Crippen molar-refractivity contribution in [1.82, 2.24) is 0 Å². The number of rotatable bonds is 4. The van der Waals surface area contributed by atoms with Gasteiger partial charge >= 0.3 is 0 Å². The summed E-state index contributed by atoms with van der Waals surface area (Å²) in [6.45, 7) is 0. The van der Waals surface area contributed by atoms with Crippen molar-refractivity contribution in [2.75, 3.05) is 0 Å². The Morgan fingerprint density at radius 2 is 0.444 bits per heavy atom. The maximum atomic E-state index is 2.28. The van der Waals surface area contributed by atoms with Crippen LogP contribution < -0.4 is 21.2 Å². The molecule has 0 heterocycles. The van der Waals surface area contributed by atoms with Gasteiger partial charge in [-0.3, -0.25) is 0 Å². The monoisotopic (exact) mass is 484 g/mol. The molecule has 0 atom stereocenters. The highest BCUT2D eigenvalue weighted by atomic mass is 31.2. The molecular formula is C34H29OP. The lowest BCUT2D eigenvalue weighted by Gasteiger charge is -2.27. The highest BCUT2D eigenvalue weighted by Crippen LogP contribution is 2.53. The van der Waals surface area contributed by atoms with Gasteiger partial charge in [0.15, 0.2) is 0 Å². The van der Waals surface area contributed by atoms with Crippen LogP contribution in [0.25, 0.3) is 10.8 Å². The predicted molar refractivity (Wildman–Crippen MR) is 157 cm³/mol. The lowest BCUT2D eigenvalue weighted by Crippen LogP contribution is -2.38. The van der Waals surface area contributed by atoms with Gasteiger partial charge in [-0.05, 0) is 59.3 Å². The minimum absolute atomic E-state index is 0. The molecule has 0 aromatic heterocycles. The van der Waals surface area contributed by atoms with Gasteiger partial charge in [0, 0.05) is 0 Å². The summed E-state index contributed by atoms with van der Waals surface area (Å²) in [4.78, 5) is 0. The summed E-state index contributed by atoms with van der Waals surface area (Å²) >= 11 is 0. The van der Waals surface area contributed by atoms with Crippen LogP contribution in [0.15, 0.2) is 170 Å². The van der Waals surface area contributed by atoms with Crippen molar-refractivity contribution in [2.45, 2.75) is 0 Å². The van der Waals surface area contributed by atoms with E-state index in [4.69, 9.17) is 0 Å². The standard InChI is InChI=1S/C24H20P.C10H8.H2O/c1-5-13-21(14-6-1)25(22-15-7-2-8-16-22,23-17-9-3-10-18-23)24-19-11-4-12-20-24;1-2-6-10-8-4-3-7-9(10)5-1;/h1-20H;1-8H;1H2/q+1;;/p-1. The second kappa shape index (κ2) is 12.1. The normalized spacial score (nSPS) is 10.6. The average molecular weight is 485 g/mol. The molecule has 0 aliphatic carbocycles. The minimum atomic E-state index is -1.91. The van der Waals surface area contributed by atoms with Crippen LogP contribution in [0.5, 0.6) is 0 Å². The van der Waals surface area contributed by atoms with E-state index in [2.05, 4.69) is 170 Å². The zero-order valence-corrected chi connectivity index (χ0v) is 21.0. The molecule has 0 amide bonds. The number of hydrogen-bond donors (Lipinski definition) is 0. The first-order valence-corrected chi connectivity index (χ1v) is 13.7. The molecule has 0 aliphatic rings. The van der Waals surface area contributed by atoms with Crippen molar-refractivity contribution in [2.24, 2.45) is 0 Å². The fraction of sp³-hybridized carbons (Fsp3) is 0. The van der Waals surface area contributed by atoms with E-state index in [-0.39, 0.29) is 5.48 Å². The van der Waals surface area contributed by atoms with Crippen LogP contribution in [0, 0.1) is 0 Å². The van der Waals surface area contributed by atoms with Gasteiger partial charge in [0.25, 0.3) is 0 Å². The van der Waals surface area contributed by atoms with E-state index >= 15 is 0 Å². The molecule has 1 nitrogen and oxygen atoms in total. The molecule has 0 unspecified atom stereocenters.